The summed E-state index contributed by atoms with van der Waals surface area (Å²) in [6, 6.07) is 15.6. The molecule has 0 aliphatic rings. The molecular formula is C18H21N3O. The van der Waals surface area contributed by atoms with E-state index in [2.05, 4.69) is 23.3 Å². The van der Waals surface area contributed by atoms with Gasteiger partial charge < -0.3 is 10.1 Å². The molecule has 1 atom stereocenters. The molecule has 4 nitrogen and oxygen atoms in total. The van der Waals surface area contributed by atoms with Crippen LogP contribution in [0.4, 0.5) is 0 Å². The molecule has 0 aliphatic heterocycles. The van der Waals surface area contributed by atoms with Crippen LogP contribution in [0.15, 0.2) is 48.7 Å². The minimum Gasteiger partial charge on any atom is -0.468 e. The summed E-state index contributed by atoms with van der Waals surface area (Å²) in [5.41, 5.74) is 1.56. The number of pyridine rings is 1. The molecule has 0 bridgehead atoms. The maximum atomic E-state index is 9.17. The van der Waals surface area contributed by atoms with E-state index < -0.39 is 0 Å². The molecule has 1 aromatic heterocycles. The van der Waals surface area contributed by atoms with Crippen LogP contribution in [0.3, 0.4) is 0 Å². The highest BCUT2D eigenvalue weighted by atomic mass is 16.5. The fraction of sp³-hybridized carbons (Fsp3) is 0.333. The zero-order valence-corrected chi connectivity index (χ0v) is 12.8. The molecule has 1 heterocycles. The van der Waals surface area contributed by atoms with Gasteiger partial charge >= 0.3 is 0 Å². The molecule has 0 spiro atoms. The predicted octanol–water partition coefficient (Wildman–Crippen LogP) is 3.46. The molecule has 114 valence electrons. The van der Waals surface area contributed by atoms with Crippen molar-refractivity contribution in [3.05, 3.63) is 59.8 Å². The monoisotopic (exact) mass is 295 g/mol. The van der Waals surface area contributed by atoms with Gasteiger partial charge in [-0.15, -0.1) is 0 Å². The van der Waals surface area contributed by atoms with Crippen molar-refractivity contribution in [2.45, 2.75) is 25.9 Å². The second-order valence-electron chi connectivity index (χ2n) is 5.02. The number of hydrogen-bond acceptors (Lipinski definition) is 4. The van der Waals surface area contributed by atoms with Crippen LogP contribution in [0.25, 0.3) is 0 Å². The van der Waals surface area contributed by atoms with E-state index >= 15 is 0 Å². The molecule has 0 unspecified atom stereocenters. The predicted molar refractivity (Wildman–Crippen MR) is 86.5 cm³/mol. The fourth-order valence-electron chi connectivity index (χ4n) is 2.20. The maximum Gasteiger partial charge on any atom is 0.232 e. The van der Waals surface area contributed by atoms with E-state index in [1.807, 2.05) is 30.3 Å². The fourth-order valence-corrected chi connectivity index (χ4v) is 2.20. The minimum atomic E-state index is -0.118. The molecule has 2 rings (SSSR count). The van der Waals surface area contributed by atoms with Gasteiger partial charge in [0.1, 0.15) is 17.7 Å². The van der Waals surface area contributed by atoms with Crippen molar-refractivity contribution in [3.8, 4) is 11.9 Å². The quantitative estimate of drug-likeness (QED) is 0.758. The van der Waals surface area contributed by atoms with Gasteiger partial charge in [0.2, 0.25) is 5.88 Å². The lowest BCUT2D eigenvalue weighted by atomic mass is 10.1. The Bertz CT molecular complexity index is 607. The van der Waals surface area contributed by atoms with Gasteiger partial charge in [-0.05, 0) is 37.2 Å². The largest absolute Gasteiger partial charge is 0.468 e. The number of hydrogen-bond donors (Lipinski definition) is 1. The summed E-state index contributed by atoms with van der Waals surface area (Å²) in [4.78, 5) is 4.19. The molecule has 0 radical (unpaired) electrons. The van der Waals surface area contributed by atoms with Crippen LogP contribution in [-0.4, -0.2) is 18.1 Å². The Hall–Kier alpha value is -2.38. The molecule has 4 heteroatoms. The third kappa shape index (κ3) is 4.57. The van der Waals surface area contributed by atoms with E-state index in [-0.39, 0.29) is 6.10 Å². The Balaban J connectivity index is 2.12. The smallest absolute Gasteiger partial charge is 0.232 e. The Morgan fingerprint density at radius 3 is 2.73 bits per heavy atom. The first-order chi connectivity index (χ1) is 10.8. The summed E-state index contributed by atoms with van der Waals surface area (Å²) in [7, 11) is 0. The molecule has 2 aromatic rings. The van der Waals surface area contributed by atoms with Crippen molar-refractivity contribution >= 4 is 0 Å². The van der Waals surface area contributed by atoms with Gasteiger partial charge in [0, 0.05) is 12.6 Å². The summed E-state index contributed by atoms with van der Waals surface area (Å²) in [6.45, 7) is 4.00. The van der Waals surface area contributed by atoms with Crippen molar-refractivity contribution in [2.24, 2.45) is 0 Å². The molecule has 1 N–H and O–H groups in total. The van der Waals surface area contributed by atoms with Crippen LogP contribution >= 0.6 is 0 Å². The number of ether oxygens (including phenoxy) is 1. The van der Waals surface area contributed by atoms with Crippen molar-refractivity contribution in [1.29, 1.82) is 5.26 Å². The normalized spacial score (nSPS) is 11.6. The van der Waals surface area contributed by atoms with Gasteiger partial charge in [-0.2, -0.15) is 5.26 Å². The lowest BCUT2D eigenvalue weighted by Crippen LogP contribution is -2.21. The van der Waals surface area contributed by atoms with Crippen LogP contribution in [-0.2, 0) is 0 Å². The number of rotatable bonds is 8. The summed E-state index contributed by atoms with van der Waals surface area (Å²) in [5.74, 6) is 0.398. The Morgan fingerprint density at radius 1 is 1.18 bits per heavy atom. The summed E-state index contributed by atoms with van der Waals surface area (Å²) in [5, 5.41) is 12.5. The molecule has 22 heavy (non-hydrogen) atoms. The topological polar surface area (TPSA) is 57.9 Å². The maximum absolute atomic E-state index is 9.17. The minimum absolute atomic E-state index is 0.118. The van der Waals surface area contributed by atoms with Gasteiger partial charge in [0.05, 0.1) is 0 Å². The number of aromatic nitrogens is 1. The van der Waals surface area contributed by atoms with E-state index in [1.165, 1.54) is 0 Å². The van der Waals surface area contributed by atoms with E-state index in [0.717, 1.165) is 31.5 Å². The molecule has 0 saturated heterocycles. The molecule has 0 saturated carbocycles. The van der Waals surface area contributed by atoms with Crippen molar-refractivity contribution < 1.29 is 4.74 Å². The second kappa shape index (κ2) is 8.81. The SMILES string of the molecule is CCCNCC[C@@H](Oc1ncccc1C#N)c1ccccc1. The lowest BCUT2D eigenvalue weighted by Gasteiger charge is -2.19. The first kappa shape index (κ1) is 16.0. The zero-order chi connectivity index (χ0) is 15.6. The van der Waals surface area contributed by atoms with Gasteiger partial charge in [0.25, 0.3) is 0 Å². The van der Waals surface area contributed by atoms with Gasteiger partial charge in [-0.3, -0.25) is 0 Å². The van der Waals surface area contributed by atoms with Crippen LogP contribution in [0.2, 0.25) is 0 Å². The van der Waals surface area contributed by atoms with Crippen LogP contribution < -0.4 is 10.1 Å². The Labute approximate surface area is 131 Å². The third-order valence-electron chi connectivity index (χ3n) is 3.33. The molecule has 0 aliphatic carbocycles. The summed E-state index contributed by atoms with van der Waals surface area (Å²) in [6.07, 6.45) is 3.46. The van der Waals surface area contributed by atoms with Crippen LogP contribution in [0.5, 0.6) is 5.88 Å². The van der Waals surface area contributed by atoms with Gasteiger partial charge in [-0.1, -0.05) is 37.3 Å². The van der Waals surface area contributed by atoms with E-state index in [4.69, 9.17) is 10.00 Å². The van der Waals surface area contributed by atoms with E-state index in [0.29, 0.717) is 11.4 Å². The average molecular weight is 295 g/mol. The number of nitrogens with zero attached hydrogens (tertiary/aromatic N) is 2. The van der Waals surface area contributed by atoms with Crippen LogP contribution in [0, 0.1) is 11.3 Å². The third-order valence-corrected chi connectivity index (χ3v) is 3.33. The van der Waals surface area contributed by atoms with Crippen molar-refractivity contribution in [1.82, 2.24) is 10.3 Å². The van der Waals surface area contributed by atoms with Crippen LogP contribution in [0.1, 0.15) is 37.0 Å². The van der Waals surface area contributed by atoms with Gasteiger partial charge in [-0.25, -0.2) is 4.98 Å². The number of nitriles is 1. The second-order valence-corrected chi connectivity index (χ2v) is 5.02. The highest BCUT2D eigenvalue weighted by Crippen LogP contribution is 2.25. The van der Waals surface area contributed by atoms with E-state index in [1.54, 1.807) is 18.3 Å². The number of benzene rings is 1. The molecular weight excluding hydrogens is 274 g/mol. The Morgan fingerprint density at radius 2 is 2.00 bits per heavy atom. The Kier molecular flexibility index (Phi) is 6.40. The summed E-state index contributed by atoms with van der Waals surface area (Å²) < 4.78 is 6.03. The average Bonchev–Trinajstić information content (AvgIpc) is 2.59. The first-order valence-electron chi connectivity index (χ1n) is 7.62. The molecule has 1 aromatic carbocycles. The van der Waals surface area contributed by atoms with Gasteiger partial charge in [0.15, 0.2) is 0 Å². The summed E-state index contributed by atoms with van der Waals surface area (Å²) >= 11 is 0. The van der Waals surface area contributed by atoms with E-state index in [9.17, 15) is 0 Å². The first-order valence-corrected chi connectivity index (χ1v) is 7.62. The highest BCUT2D eigenvalue weighted by molar-refractivity contribution is 5.37. The standard InChI is InChI=1S/C18H21N3O/c1-2-11-20-13-10-17(15-7-4-3-5-8-15)22-18-16(14-19)9-6-12-21-18/h3-9,12,17,20H,2,10-11,13H2,1H3/t17-/m1/s1. The zero-order valence-electron chi connectivity index (χ0n) is 12.8. The number of nitrogens with one attached hydrogen (secondary N) is 1. The molecule has 0 fully saturated rings. The molecule has 0 amide bonds. The van der Waals surface area contributed by atoms with Crippen molar-refractivity contribution in [3.63, 3.8) is 0 Å². The van der Waals surface area contributed by atoms with Crippen molar-refractivity contribution in [2.75, 3.05) is 13.1 Å². The lowest BCUT2D eigenvalue weighted by molar-refractivity contribution is 0.185. The highest BCUT2D eigenvalue weighted by Gasteiger charge is 2.15.